The highest BCUT2D eigenvalue weighted by molar-refractivity contribution is 5.84. The van der Waals surface area contributed by atoms with Gasteiger partial charge < -0.3 is 9.72 Å². The second kappa shape index (κ2) is 7.48. The van der Waals surface area contributed by atoms with E-state index in [1.165, 1.54) is 0 Å². The van der Waals surface area contributed by atoms with Gasteiger partial charge in [0.25, 0.3) is 5.56 Å². The zero-order chi connectivity index (χ0) is 18.8. The van der Waals surface area contributed by atoms with Gasteiger partial charge in [-0.05, 0) is 38.4 Å². The SMILES string of the molecule is COc1cccc2ccc(CN3CCC[C@@H](c4cc(=O)[nH]c(C)n4)C3)nc12. The van der Waals surface area contributed by atoms with E-state index in [9.17, 15) is 4.79 Å². The maximum atomic E-state index is 11.8. The molecule has 140 valence electrons. The highest BCUT2D eigenvalue weighted by atomic mass is 16.5. The van der Waals surface area contributed by atoms with Crippen molar-refractivity contribution in [1.82, 2.24) is 19.9 Å². The van der Waals surface area contributed by atoms with Crippen LogP contribution in [0, 0.1) is 6.92 Å². The van der Waals surface area contributed by atoms with Gasteiger partial charge in [-0.15, -0.1) is 0 Å². The number of pyridine rings is 1. The summed E-state index contributed by atoms with van der Waals surface area (Å²) in [6, 6.07) is 11.8. The molecule has 6 nitrogen and oxygen atoms in total. The molecule has 1 N–H and O–H groups in total. The number of methoxy groups -OCH3 is 1. The third kappa shape index (κ3) is 3.85. The van der Waals surface area contributed by atoms with Crippen LogP contribution in [0.4, 0.5) is 0 Å². The highest BCUT2D eigenvalue weighted by Crippen LogP contribution is 2.27. The maximum Gasteiger partial charge on any atom is 0.251 e. The first kappa shape index (κ1) is 17.7. The first-order valence-corrected chi connectivity index (χ1v) is 9.35. The summed E-state index contributed by atoms with van der Waals surface area (Å²) in [5.74, 6) is 1.77. The van der Waals surface area contributed by atoms with Crippen molar-refractivity contribution in [2.45, 2.75) is 32.2 Å². The van der Waals surface area contributed by atoms with Gasteiger partial charge in [-0.2, -0.15) is 0 Å². The topological polar surface area (TPSA) is 71.1 Å². The Morgan fingerprint density at radius 3 is 2.96 bits per heavy atom. The van der Waals surface area contributed by atoms with Crippen LogP contribution in [0.1, 0.15) is 36.0 Å². The molecule has 4 rings (SSSR count). The van der Waals surface area contributed by atoms with Crippen LogP contribution in [0.5, 0.6) is 5.75 Å². The second-order valence-corrected chi connectivity index (χ2v) is 7.16. The second-order valence-electron chi connectivity index (χ2n) is 7.16. The zero-order valence-corrected chi connectivity index (χ0v) is 15.7. The normalized spacial score (nSPS) is 17.9. The molecule has 0 radical (unpaired) electrons. The Morgan fingerprint density at radius 2 is 2.15 bits per heavy atom. The summed E-state index contributed by atoms with van der Waals surface area (Å²) in [6.45, 7) is 4.54. The van der Waals surface area contributed by atoms with Gasteiger partial charge in [0.1, 0.15) is 17.1 Å². The van der Waals surface area contributed by atoms with E-state index in [1.54, 1.807) is 13.2 Å². The van der Waals surface area contributed by atoms with Crippen LogP contribution in [0.3, 0.4) is 0 Å². The van der Waals surface area contributed by atoms with E-state index in [4.69, 9.17) is 9.72 Å². The lowest BCUT2D eigenvalue weighted by molar-refractivity contribution is 0.196. The van der Waals surface area contributed by atoms with Crippen molar-refractivity contribution >= 4 is 10.9 Å². The number of likely N-dealkylation sites (tertiary alicyclic amines) is 1. The van der Waals surface area contributed by atoms with Crippen molar-refractivity contribution in [3.05, 3.63) is 64.0 Å². The predicted octanol–water partition coefficient (Wildman–Crippen LogP) is 3.01. The van der Waals surface area contributed by atoms with Crippen LogP contribution < -0.4 is 10.3 Å². The third-order valence-electron chi connectivity index (χ3n) is 5.15. The molecule has 1 aliphatic heterocycles. The molecular weight excluding hydrogens is 340 g/mol. The van der Waals surface area contributed by atoms with E-state index in [0.29, 0.717) is 5.82 Å². The molecular formula is C21H24N4O2. The highest BCUT2D eigenvalue weighted by Gasteiger charge is 2.23. The first-order chi connectivity index (χ1) is 13.1. The summed E-state index contributed by atoms with van der Waals surface area (Å²) in [5.41, 5.74) is 2.76. The van der Waals surface area contributed by atoms with Gasteiger partial charge in [-0.3, -0.25) is 9.69 Å². The van der Waals surface area contributed by atoms with Gasteiger partial charge in [0.15, 0.2) is 0 Å². The van der Waals surface area contributed by atoms with Crippen LogP contribution >= 0.6 is 0 Å². The lowest BCUT2D eigenvalue weighted by atomic mass is 9.94. The Kier molecular flexibility index (Phi) is 4.90. The van der Waals surface area contributed by atoms with Crippen molar-refractivity contribution in [3.8, 4) is 5.75 Å². The number of ether oxygens (including phenoxy) is 1. The number of nitrogens with zero attached hydrogens (tertiary/aromatic N) is 3. The monoisotopic (exact) mass is 364 g/mol. The van der Waals surface area contributed by atoms with Crippen LogP contribution in [-0.2, 0) is 6.54 Å². The van der Waals surface area contributed by atoms with Crippen molar-refractivity contribution in [2.75, 3.05) is 20.2 Å². The molecule has 1 fully saturated rings. The number of para-hydroxylation sites is 1. The minimum Gasteiger partial charge on any atom is -0.494 e. The molecule has 0 saturated carbocycles. The molecule has 2 aromatic heterocycles. The number of rotatable bonds is 4. The average Bonchev–Trinajstić information content (AvgIpc) is 2.67. The van der Waals surface area contributed by atoms with Crippen molar-refractivity contribution in [2.24, 2.45) is 0 Å². The first-order valence-electron chi connectivity index (χ1n) is 9.35. The summed E-state index contributed by atoms with van der Waals surface area (Å²) < 4.78 is 5.45. The average molecular weight is 364 g/mol. The Bertz CT molecular complexity index is 1010. The minimum atomic E-state index is -0.0714. The molecule has 6 heteroatoms. The molecule has 0 unspecified atom stereocenters. The number of aromatic nitrogens is 3. The molecule has 1 aromatic carbocycles. The summed E-state index contributed by atoms with van der Waals surface area (Å²) in [5, 5.41) is 1.08. The van der Waals surface area contributed by atoms with Crippen molar-refractivity contribution in [1.29, 1.82) is 0 Å². The van der Waals surface area contributed by atoms with E-state index in [2.05, 4.69) is 27.0 Å². The Labute approximate surface area is 158 Å². The van der Waals surface area contributed by atoms with Crippen molar-refractivity contribution in [3.63, 3.8) is 0 Å². The van der Waals surface area contributed by atoms with Gasteiger partial charge in [-0.25, -0.2) is 9.97 Å². The number of H-pyrrole nitrogens is 1. The van der Waals surface area contributed by atoms with E-state index in [1.807, 2.05) is 25.1 Å². The maximum absolute atomic E-state index is 11.8. The molecule has 0 amide bonds. The molecule has 3 heterocycles. The molecule has 3 aromatic rings. The number of aryl methyl sites for hydroxylation is 1. The predicted molar refractivity (Wildman–Crippen MR) is 105 cm³/mol. The number of fused-ring (bicyclic) bond motifs is 1. The number of nitrogens with one attached hydrogen (secondary N) is 1. The van der Waals surface area contributed by atoms with E-state index < -0.39 is 0 Å². The largest absolute Gasteiger partial charge is 0.494 e. The van der Waals surface area contributed by atoms with E-state index >= 15 is 0 Å². The van der Waals surface area contributed by atoms with Crippen LogP contribution in [0.25, 0.3) is 10.9 Å². The molecule has 0 aliphatic carbocycles. The lowest BCUT2D eigenvalue weighted by Gasteiger charge is -2.32. The standard InChI is InChI=1S/C21H24N4O2/c1-14-22-18(11-20(26)23-14)16-6-4-10-25(12-16)13-17-9-8-15-5-3-7-19(27-2)21(15)24-17/h3,5,7-9,11,16H,4,6,10,12-13H2,1-2H3,(H,22,23,26)/t16-/m1/s1. The quantitative estimate of drug-likeness (QED) is 0.770. The lowest BCUT2D eigenvalue weighted by Crippen LogP contribution is -2.35. The van der Waals surface area contributed by atoms with Gasteiger partial charge in [0, 0.05) is 30.5 Å². The molecule has 27 heavy (non-hydrogen) atoms. The molecule has 1 aliphatic rings. The minimum absolute atomic E-state index is 0.0714. The van der Waals surface area contributed by atoms with Gasteiger partial charge in [0.05, 0.1) is 18.5 Å². The summed E-state index contributed by atoms with van der Waals surface area (Å²) >= 11 is 0. The Balaban J connectivity index is 1.54. The summed E-state index contributed by atoms with van der Waals surface area (Å²) in [4.78, 5) is 26.3. The molecule has 0 spiro atoms. The molecule has 0 bridgehead atoms. The van der Waals surface area contributed by atoms with Gasteiger partial charge in [-0.1, -0.05) is 18.2 Å². The number of benzene rings is 1. The third-order valence-corrected chi connectivity index (χ3v) is 5.15. The smallest absolute Gasteiger partial charge is 0.251 e. The van der Waals surface area contributed by atoms with Crippen LogP contribution in [0.15, 0.2) is 41.2 Å². The van der Waals surface area contributed by atoms with Crippen LogP contribution in [0.2, 0.25) is 0 Å². The molecule has 1 saturated heterocycles. The van der Waals surface area contributed by atoms with Crippen molar-refractivity contribution < 1.29 is 4.74 Å². The summed E-state index contributed by atoms with van der Waals surface area (Å²) in [6.07, 6.45) is 2.15. The number of piperidine rings is 1. The van der Waals surface area contributed by atoms with Crippen LogP contribution in [-0.4, -0.2) is 40.1 Å². The Hall–Kier alpha value is -2.73. The number of hydrogen-bond donors (Lipinski definition) is 1. The van der Waals surface area contributed by atoms with Gasteiger partial charge >= 0.3 is 0 Å². The fourth-order valence-electron chi connectivity index (χ4n) is 3.89. The summed E-state index contributed by atoms with van der Waals surface area (Å²) in [7, 11) is 1.68. The Morgan fingerprint density at radius 1 is 1.26 bits per heavy atom. The number of aromatic amines is 1. The zero-order valence-electron chi connectivity index (χ0n) is 15.7. The van der Waals surface area contributed by atoms with Gasteiger partial charge in [0.2, 0.25) is 0 Å². The fraction of sp³-hybridized carbons (Fsp3) is 0.381. The molecule has 1 atom stereocenters. The van der Waals surface area contributed by atoms with E-state index in [-0.39, 0.29) is 11.5 Å². The van der Waals surface area contributed by atoms with E-state index in [0.717, 1.165) is 60.5 Å². The number of hydrogen-bond acceptors (Lipinski definition) is 5. The fourth-order valence-corrected chi connectivity index (χ4v) is 3.89.